The molecule has 1 aliphatic rings. The second kappa shape index (κ2) is 6.03. The van der Waals surface area contributed by atoms with Gasteiger partial charge < -0.3 is 15.3 Å². The van der Waals surface area contributed by atoms with Gasteiger partial charge in [0.15, 0.2) is 0 Å². The second-order valence-corrected chi connectivity index (χ2v) is 6.82. The fourth-order valence-electron chi connectivity index (χ4n) is 2.41. The first-order valence-electron chi connectivity index (χ1n) is 6.68. The van der Waals surface area contributed by atoms with E-state index in [4.69, 9.17) is 5.11 Å². The van der Waals surface area contributed by atoms with Crippen LogP contribution < -0.4 is 5.32 Å². The third kappa shape index (κ3) is 4.03. The van der Waals surface area contributed by atoms with Gasteiger partial charge in [-0.3, -0.25) is 0 Å². The van der Waals surface area contributed by atoms with Gasteiger partial charge in [-0.1, -0.05) is 6.92 Å². The number of carboxylic acid groups (broad SMARTS) is 1. The van der Waals surface area contributed by atoms with Gasteiger partial charge in [-0.25, -0.2) is 4.79 Å². The van der Waals surface area contributed by atoms with Crippen molar-refractivity contribution in [1.82, 2.24) is 10.2 Å². The molecule has 5 heteroatoms. The highest BCUT2D eigenvalue weighted by atomic mass is 32.1. The second-order valence-electron chi connectivity index (χ2n) is 5.82. The molecule has 106 valence electrons. The fraction of sp³-hybridized carbons (Fsp3) is 0.643. The molecule has 0 atom stereocenters. The molecule has 2 heterocycles. The van der Waals surface area contributed by atoms with Crippen molar-refractivity contribution in [1.29, 1.82) is 0 Å². The lowest BCUT2D eigenvalue weighted by Crippen LogP contribution is -2.41. The van der Waals surface area contributed by atoms with E-state index in [0.29, 0.717) is 11.0 Å². The zero-order chi connectivity index (χ0) is 13.9. The molecule has 0 aromatic carbocycles. The maximum Gasteiger partial charge on any atom is 0.336 e. The molecule has 4 nitrogen and oxygen atoms in total. The van der Waals surface area contributed by atoms with Crippen molar-refractivity contribution in [2.24, 2.45) is 5.41 Å². The van der Waals surface area contributed by atoms with Crippen LogP contribution in [0, 0.1) is 5.41 Å². The third-order valence-electron chi connectivity index (χ3n) is 3.95. The molecule has 0 aliphatic carbocycles. The number of carbonyl (C=O) groups is 1. The van der Waals surface area contributed by atoms with E-state index in [1.54, 1.807) is 11.4 Å². The van der Waals surface area contributed by atoms with Crippen LogP contribution in [0.15, 0.2) is 11.4 Å². The number of likely N-dealkylation sites (tertiary alicyclic amines) is 1. The van der Waals surface area contributed by atoms with E-state index in [9.17, 15) is 4.79 Å². The number of piperidine rings is 1. The highest BCUT2D eigenvalue weighted by molar-refractivity contribution is 7.10. The number of rotatable bonds is 5. The lowest BCUT2D eigenvalue weighted by Gasteiger charge is -2.38. The van der Waals surface area contributed by atoms with E-state index < -0.39 is 5.97 Å². The van der Waals surface area contributed by atoms with Gasteiger partial charge in [-0.05, 0) is 44.5 Å². The molecule has 1 fully saturated rings. The summed E-state index contributed by atoms with van der Waals surface area (Å²) in [6.07, 6.45) is 2.45. The molecule has 2 rings (SSSR count). The van der Waals surface area contributed by atoms with Crippen molar-refractivity contribution in [3.8, 4) is 0 Å². The van der Waals surface area contributed by atoms with Gasteiger partial charge in [0, 0.05) is 23.3 Å². The van der Waals surface area contributed by atoms with Crippen LogP contribution in [-0.2, 0) is 6.54 Å². The Morgan fingerprint density at radius 2 is 2.21 bits per heavy atom. The maximum atomic E-state index is 10.8. The smallest absolute Gasteiger partial charge is 0.336 e. The zero-order valence-electron chi connectivity index (χ0n) is 11.6. The Labute approximate surface area is 118 Å². The van der Waals surface area contributed by atoms with E-state index in [1.165, 1.54) is 37.3 Å². The van der Waals surface area contributed by atoms with E-state index in [0.717, 1.165) is 18.0 Å². The molecule has 2 N–H and O–H groups in total. The molecular formula is C14H22N2O2S. The molecular weight excluding hydrogens is 260 g/mol. The van der Waals surface area contributed by atoms with Crippen molar-refractivity contribution >= 4 is 17.3 Å². The zero-order valence-corrected chi connectivity index (χ0v) is 12.4. The summed E-state index contributed by atoms with van der Waals surface area (Å²) in [6.45, 7) is 6.44. The van der Waals surface area contributed by atoms with Gasteiger partial charge in [0.1, 0.15) is 0 Å². The van der Waals surface area contributed by atoms with Gasteiger partial charge in [0.25, 0.3) is 0 Å². The SMILES string of the molecule is CN1CCC(C)(CNCc2cc(C(=O)O)cs2)CC1. The molecule has 0 unspecified atom stereocenters. The van der Waals surface area contributed by atoms with Gasteiger partial charge in [0.2, 0.25) is 0 Å². The Balaban J connectivity index is 1.78. The number of thiophene rings is 1. The number of hydrogen-bond donors (Lipinski definition) is 2. The standard InChI is InChI=1S/C14H22N2O2S/c1-14(3-5-16(2)6-4-14)10-15-8-12-7-11(9-19-12)13(17)18/h7,9,15H,3-6,8,10H2,1-2H3,(H,17,18). The minimum absolute atomic E-state index is 0.374. The van der Waals surface area contributed by atoms with Crippen molar-refractivity contribution in [3.63, 3.8) is 0 Å². The van der Waals surface area contributed by atoms with Gasteiger partial charge in [0.05, 0.1) is 5.56 Å². The van der Waals surface area contributed by atoms with Crippen LogP contribution in [0.2, 0.25) is 0 Å². The summed E-state index contributed by atoms with van der Waals surface area (Å²) in [6, 6.07) is 1.76. The molecule has 0 amide bonds. The Hall–Kier alpha value is -0.910. The van der Waals surface area contributed by atoms with E-state index in [-0.39, 0.29) is 0 Å². The first kappa shape index (κ1) is 14.5. The van der Waals surface area contributed by atoms with E-state index in [1.807, 2.05) is 0 Å². The van der Waals surface area contributed by atoms with Crippen LogP contribution in [0.5, 0.6) is 0 Å². The van der Waals surface area contributed by atoms with Gasteiger partial charge in [-0.15, -0.1) is 11.3 Å². The monoisotopic (exact) mass is 282 g/mol. The Morgan fingerprint density at radius 3 is 2.79 bits per heavy atom. The molecule has 1 aromatic rings. The number of nitrogens with one attached hydrogen (secondary N) is 1. The average molecular weight is 282 g/mol. The third-order valence-corrected chi connectivity index (χ3v) is 4.88. The summed E-state index contributed by atoms with van der Waals surface area (Å²) in [5.74, 6) is -0.843. The topological polar surface area (TPSA) is 52.6 Å². The predicted octanol–water partition coefficient (Wildman–Crippen LogP) is 2.27. The highest BCUT2D eigenvalue weighted by Crippen LogP contribution is 2.29. The van der Waals surface area contributed by atoms with Crippen molar-refractivity contribution < 1.29 is 9.90 Å². The van der Waals surface area contributed by atoms with Crippen molar-refractivity contribution in [3.05, 3.63) is 21.9 Å². The molecule has 1 aliphatic heterocycles. The average Bonchev–Trinajstić information content (AvgIpc) is 2.82. The molecule has 0 spiro atoms. The summed E-state index contributed by atoms with van der Waals surface area (Å²) in [5.41, 5.74) is 0.770. The number of carboxylic acids is 1. The highest BCUT2D eigenvalue weighted by Gasteiger charge is 2.28. The summed E-state index contributed by atoms with van der Waals surface area (Å²) >= 11 is 1.51. The van der Waals surface area contributed by atoms with Crippen LogP contribution in [-0.4, -0.2) is 42.7 Å². The maximum absolute atomic E-state index is 10.8. The Kier molecular flexibility index (Phi) is 4.60. The van der Waals surface area contributed by atoms with Crippen LogP contribution >= 0.6 is 11.3 Å². The molecule has 0 radical (unpaired) electrons. The molecule has 0 saturated carbocycles. The largest absolute Gasteiger partial charge is 0.478 e. The minimum atomic E-state index is -0.843. The Morgan fingerprint density at radius 1 is 1.53 bits per heavy atom. The summed E-state index contributed by atoms with van der Waals surface area (Å²) < 4.78 is 0. The first-order chi connectivity index (χ1) is 8.98. The van der Waals surface area contributed by atoms with Crippen LogP contribution in [0.4, 0.5) is 0 Å². The van der Waals surface area contributed by atoms with E-state index >= 15 is 0 Å². The predicted molar refractivity (Wildman–Crippen MR) is 77.8 cm³/mol. The van der Waals surface area contributed by atoms with Crippen molar-refractivity contribution in [2.75, 3.05) is 26.7 Å². The molecule has 1 aromatic heterocycles. The van der Waals surface area contributed by atoms with Crippen LogP contribution in [0.25, 0.3) is 0 Å². The van der Waals surface area contributed by atoms with Crippen molar-refractivity contribution in [2.45, 2.75) is 26.3 Å². The quantitative estimate of drug-likeness (QED) is 0.870. The first-order valence-corrected chi connectivity index (χ1v) is 7.56. The van der Waals surface area contributed by atoms with Crippen LogP contribution in [0.3, 0.4) is 0 Å². The van der Waals surface area contributed by atoms with E-state index in [2.05, 4.69) is 24.2 Å². The molecule has 0 bridgehead atoms. The van der Waals surface area contributed by atoms with Gasteiger partial charge >= 0.3 is 5.97 Å². The molecule has 19 heavy (non-hydrogen) atoms. The lowest BCUT2D eigenvalue weighted by molar-refractivity contribution is 0.0697. The Bertz CT molecular complexity index is 436. The summed E-state index contributed by atoms with van der Waals surface area (Å²) in [5, 5.41) is 14.1. The van der Waals surface area contributed by atoms with Crippen LogP contribution in [0.1, 0.15) is 35.0 Å². The van der Waals surface area contributed by atoms with Gasteiger partial charge in [-0.2, -0.15) is 0 Å². The molecule has 1 saturated heterocycles. The summed E-state index contributed by atoms with van der Waals surface area (Å²) in [7, 11) is 2.17. The normalized spacial score (nSPS) is 19.5. The summed E-state index contributed by atoms with van der Waals surface area (Å²) in [4.78, 5) is 14.3. The minimum Gasteiger partial charge on any atom is -0.478 e. The fourth-order valence-corrected chi connectivity index (χ4v) is 3.24. The lowest BCUT2D eigenvalue weighted by atomic mass is 9.80. The number of nitrogens with zero attached hydrogens (tertiary/aromatic N) is 1. The number of aromatic carboxylic acids is 1. The number of hydrogen-bond acceptors (Lipinski definition) is 4.